The summed E-state index contributed by atoms with van der Waals surface area (Å²) in [5.74, 6) is -0.889. The Bertz CT molecular complexity index is 1100. The van der Waals surface area contributed by atoms with E-state index in [4.69, 9.17) is 9.15 Å². The highest BCUT2D eigenvalue weighted by molar-refractivity contribution is 5.96. The van der Waals surface area contributed by atoms with E-state index in [0.29, 0.717) is 50.6 Å². The van der Waals surface area contributed by atoms with Crippen LogP contribution in [0, 0.1) is 0 Å². The SMILES string of the molecule is O=C(Cc1ccc(N2CCN(C(=O)OC3CCCC3)CC2)nc1)c1oc(N2CCCC2)nc1C(F)(F)F. The number of halogens is 3. The average Bonchev–Trinajstić information content (AvgIpc) is 3.66. The van der Waals surface area contributed by atoms with Crippen molar-refractivity contribution in [2.75, 3.05) is 49.1 Å². The molecule has 0 radical (unpaired) electrons. The summed E-state index contributed by atoms with van der Waals surface area (Å²) in [5.41, 5.74) is -0.812. The Kier molecular flexibility index (Phi) is 7.25. The van der Waals surface area contributed by atoms with Crippen LogP contribution in [0.1, 0.15) is 60.3 Å². The molecule has 0 atom stereocenters. The second kappa shape index (κ2) is 10.6. The monoisotopic (exact) mass is 521 g/mol. The van der Waals surface area contributed by atoms with Crippen LogP contribution in [-0.4, -0.2) is 72.1 Å². The zero-order valence-corrected chi connectivity index (χ0v) is 20.5. The largest absolute Gasteiger partial charge is 0.446 e. The Hall–Kier alpha value is -3.31. The number of oxazole rings is 1. The summed E-state index contributed by atoms with van der Waals surface area (Å²) in [6.07, 6.45) is 1.89. The van der Waals surface area contributed by atoms with Crippen LogP contribution in [0.25, 0.3) is 0 Å². The normalized spacial score (nSPS) is 19.1. The predicted octanol–water partition coefficient (Wildman–Crippen LogP) is 4.32. The molecule has 0 aromatic carbocycles. The maximum atomic E-state index is 13.5. The fourth-order valence-corrected chi connectivity index (χ4v) is 5.05. The van der Waals surface area contributed by atoms with Gasteiger partial charge in [0, 0.05) is 51.9 Å². The first-order chi connectivity index (χ1) is 17.8. The maximum absolute atomic E-state index is 13.5. The van der Waals surface area contributed by atoms with Gasteiger partial charge in [0.2, 0.25) is 11.5 Å². The number of nitrogens with zero attached hydrogens (tertiary/aromatic N) is 5. The fourth-order valence-electron chi connectivity index (χ4n) is 5.05. The van der Waals surface area contributed by atoms with Crippen molar-refractivity contribution >= 4 is 23.7 Å². The number of ketones is 1. The molecule has 2 saturated heterocycles. The zero-order valence-electron chi connectivity index (χ0n) is 20.5. The Balaban J connectivity index is 1.18. The third-order valence-corrected chi connectivity index (χ3v) is 7.12. The minimum atomic E-state index is -4.79. The third-order valence-electron chi connectivity index (χ3n) is 7.12. The van der Waals surface area contributed by atoms with E-state index in [1.54, 1.807) is 21.9 Å². The van der Waals surface area contributed by atoms with Crippen LogP contribution in [0.15, 0.2) is 22.7 Å². The molecule has 0 bridgehead atoms. The predicted molar refractivity (Wildman–Crippen MR) is 128 cm³/mol. The first kappa shape index (κ1) is 25.3. The summed E-state index contributed by atoms with van der Waals surface area (Å²) < 4.78 is 51.5. The molecule has 0 spiro atoms. The number of pyridine rings is 1. The molecule has 3 fully saturated rings. The number of carbonyl (C=O) groups excluding carboxylic acids is 2. The van der Waals surface area contributed by atoms with Crippen molar-refractivity contribution < 1.29 is 31.9 Å². The molecule has 37 heavy (non-hydrogen) atoms. The van der Waals surface area contributed by atoms with Crippen molar-refractivity contribution in [3.05, 3.63) is 35.3 Å². The van der Waals surface area contributed by atoms with Gasteiger partial charge in [-0.1, -0.05) is 6.07 Å². The van der Waals surface area contributed by atoms with Gasteiger partial charge in [0.25, 0.3) is 6.01 Å². The molecule has 1 saturated carbocycles. The van der Waals surface area contributed by atoms with Crippen LogP contribution in [-0.2, 0) is 17.3 Å². The minimum Gasteiger partial charge on any atom is -0.446 e. The maximum Gasteiger partial charge on any atom is 0.437 e. The summed E-state index contributed by atoms with van der Waals surface area (Å²) in [6, 6.07) is 3.25. The summed E-state index contributed by atoms with van der Waals surface area (Å²) in [6.45, 7) is 3.28. The Morgan fingerprint density at radius 2 is 1.68 bits per heavy atom. The second-order valence-corrected chi connectivity index (χ2v) is 9.76. The molecule has 2 aromatic heterocycles. The van der Waals surface area contributed by atoms with E-state index in [2.05, 4.69) is 9.97 Å². The number of Topliss-reactive ketones (excluding diaryl/α,β-unsaturated/α-hetero) is 1. The lowest BCUT2D eigenvalue weighted by Crippen LogP contribution is -2.49. The highest BCUT2D eigenvalue weighted by Gasteiger charge is 2.42. The smallest absolute Gasteiger partial charge is 0.437 e. The number of hydrogen-bond acceptors (Lipinski definition) is 8. The molecule has 4 heterocycles. The van der Waals surface area contributed by atoms with Gasteiger partial charge in [-0.2, -0.15) is 18.2 Å². The molecular weight excluding hydrogens is 491 g/mol. The van der Waals surface area contributed by atoms with E-state index in [-0.39, 0.29) is 24.6 Å². The molecule has 1 aliphatic carbocycles. The summed E-state index contributed by atoms with van der Waals surface area (Å²) in [4.78, 5) is 38.5. The lowest BCUT2D eigenvalue weighted by molar-refractivity contribution is -0.141. The van der Waals surface area contributed by atoms with E-state index in [9.17, 15) is 22.8 Å². The number of piperazine rings is 1. The zero-order chi connectivity index (χ0) is 26.0. The molecule has 1 amide bonds. The van der Waals surface area contributed by atoms with Gasteiger partial charge in [0.15, 0.2) is 5.69 Å². The number of amides is 1. The average molecular weight is 522 g/mol. The fraction of sp³-hybridized carbons (Fsp3) is 0.600. The van der Waals surface area contributed by atoms with Crippen LogP contribution >= 0.6 is 0 Å². The number of anilines is 2. The van der Waals surface area contributed by atoms with Crippen molar-refractivity contribution in [2.45, 2.75) is 57.2 Å². The molecule has 12 heteroatoms. The van der Waals surface area contributed by atoms with E-state index < -0.39 is 23.4 Å². The molecule has 3 aliphatic rings. The van der Waals surface area contributed by atoms with Gasteiger partial charge >= 0.3 is 12.3 Å². The van der Waals surface area contributed by atoms with Crippen molar-refractivity contribution in [3.8, 4) is 0 Å². The van der Waals surface area contributed by atoms with Crippen molar-refractivity contribution in [2.24, 2.45) is 0 Å². The van der Waals surface area contributed by atoms with Crippen LogP contribution in [0.5, 0.6) is 0 Å². The standard InChI is InChI=1S/C25H30F3N5O4/c26-25(27,28)22-21(37-23(30-22)32-9-3-4-10-32)19(34)15-17-7-8-20(29-16-17)31-11-13-33(14-12-31)24(35)36-18-5-1-2-6-18/h7-8,16,18H,1-6,9-15H2. The van der Waals surface area contributed by atoms with Crippen molar-refractivity contribution in [1.82, 2.24) is 14.9 Å². The second-order valence-electron chi connectivity index (χ2n) is 9.76. The van der Waals surface area contributed by atoms with E-state index >= 15 is 0 Å². The topological polar surface area (TPSA) is 92.0 Å². The quantitative estimate of drug-likeness (QED) is 0.520. The molecule has 5 rings (SSSR count). The van der Waals surface area contributed by atoms with Crippen molar-refractivity contribution in [3.63, 3.8) is 0 Å². The molecule has 2 aliphatic heterocycles. The Labute approximate surface area is 212 Å². The highest BCUT2D eigenvalue weighted by atomic mass is 19.4. The summed E-state index contributed by atoms with van der Waals surface area (Å²) >= 11 is 0. The van der Waals surface area contributed by atoms with Crippen LogP contribution in [0.4, 0.5) is 29.8 Å². The lowest BCUT2D eigenvalue weighted by atomic mass is 10.1. The van der Waals surface area contributed by atoms with Gasteiger partial charge in [-0.25, -0.2) is 9.78 Å². The number of hydrogen-bond donors (Lipinski definition) is 0. The number of ether oxygens (including phenoxy) is 1. The van der Waals surface area contributed by atoms with Crippen LogP contribution < -0.4 is 9.80 Å². The molecule has 2 aromatic rings. The molecule has 0 unspecified atom stereocenters. The van der Waals surface area contributed by atoms with Crippen LogP contribution in [0.2, 0.25) is 0 Å². The van der Waals surface area contributed by atoms with Gasteiger partial charge in [0.05, 0.1) is 0 Å². The number of alkyl halides is 3. The number of carbonyl (C=O) groups is 2. The van der Waals surface area contributed by atoms with E-state index in [1.165, 1.54) is 6.20 Å². The van der Waals surface area contributed by atoms with Gasteiger partial charge in [-0.3, -0.25) is 4.79 Å². The molecular formula is C25H30F3N5O4. The first-order valence-electron chi connectivity index (χ1n) is 12.8. The van der Waals surface area contributed by atoms with E-state index in [0.717, 1.165) is 38.5 Å². The number of aromatic nitrogens is 2. The molecule has 9 nitrogen and oxygen atoms in total. The third kappa shape index (κ3) is 5.83. The molecule has 0 N–H and O–H groups in total. The summed E-state index contributed by atoms with van der Waals surface area (Å²) in [7, 11) is 0. The first-order valence-corrected chi connectivity index (χ1v) is 12.8. The van der Waals surface area contributed by atoms with Gasteiger partial charge in [-0.15, -0.1) is 0 Å². The van der Waals surface area contributed by atoms with Gasteiger partial charge < -0.3 is 23.9 Å². The van der Waals surface area contributed by atoms with Gasteiger partial charge in [-0.05, 0) is 50.2 Å². The Morgan fingerprint density at radius 1 is 0.973 bits per heavy atom. The van der Waals surface area contributed by atoms with Crippen LogP contribution in [0.3, 0.4) is 0 Å². The van der Waals surface area contributed by atoms with E-state index in [1.807, 2.05) is 4.90 Å². The lowest BCUT2D eigenvalue weighted by Gasteiger charge is -2.35. The minimum absolute atomic E-state index is 0.0263. The number of rotatable bonds is 6. The highest BCUT2D eigenvalue weighted by Crippen LogP contribution is 2.35. The summed E-state index contributed by atoms with van der Waals surface area (Å²) in [5, 5.41) is 0. The van der Waals surface area contributed by atoms with Gasteiger partial charge in [0.1, 0.15) is 11.9 Å². The Morgan fingerprint density at radius 3 is 2.30 bits per heavy atom. The van der Waals surface area contributed by atoms with Crippen molar-refractivity contribution in [1.29, 1.82) is 0 Å². The molecule has 200 valence electrons.